The van der Waals surface area contributed by atoms with E-state index in [0.29, 0.717) is 5.82 Å². The number of allylic oxidation sites excluding steroid dienone is 2. The molecule has 262 valence electrons. The van der Waals surface area contributed by atoms with E-state index in [1.165, 1.54) is 21.9 Å². The summed E-state index contributed by atoms with van der Waals surface area (Å²) in [6.07, 6.45) is 9.68. The van der Waals surface area contributed by atoms with Gasteiger partial charge in [0, 0.05) is 33.2 Å². The van der Waals surface area contributed by atoms with Crippen molar-refractivity contribution in [3.8, 4) is 56.3 Å². The van der Waals surface area contributed by atoms with Crippen molar-refractivity contribution in [3.63, 3.8) is 0 Å². The molecular weight excluding hydrogens is 681 g/mol. The lowest BCUT2D eigenvalue weighted by Crippen LogP contribution is -1.99. The summed E-state index contributed by atoms with van der Waals surface area (Å²) in [5.74, 6) is 0.623. The summed E-state index contributed by atoms with van der Waals surface area (Å²) in [7, 11) is 0. The Morgan fingerprint density at radius 1 is 0.589 bits per heavy atom. The molecule has 3 heterocycles. The maximum atomic E-state index is 5.37. The van der Waals surface area contributed by atoms with Gasteiger partial charge in [-0.3, -0.25) is 4.98 Å². The van der Waals surface area contributed by atoms with Crippen LogP contribution in [0.3, 0.4) is 0 Å². The monoisotopic (exact) mass is 714 g/mol. The first-order valence-corrected chi connectivity index (χ1v) is 19.0. The Morgan fingerprint density at radius 2 is 1.39 bits per heavy atom. The Labute approximate surface area is 325 Å². The topological polar surface area (TPSA) is 51.6 Å². The molecule has 1 aliphatic carbocycles. The quantitative estimate of drug-likeness (QED) is 0.127. The Balaban J connectivity index is 1.15. The van der Waals surface area contributed by atoms with E-state index in [2.05, 4.69) is 146 Å². The molecule has 9 aromatic rings. The van der Waals surface area contributed by atoms with Crippen LogP contribution in [0.15, 0.2) is 163 Å². The van der Waals surface area contributed by atoms with E-state index in [-0.39, 0.29) is 0 Å². The highest BCUT2D eigenvalue weighted by Crippen LogP contribution is 2.38. The number of aromatic nitrogens is 4. The predicted octanol–water partition coefficient (Wildman–Crippen LogP) is 12.5. The zero-order valence-electron chi connectivity index (χ0n) is 30.8. The SMILES string of the molecule is CCc1cc(-c2cccc3ccccc23)c2ccc3ccc(-c4cc(-c5ccccc5)nc(-c5cccc(-c6c#ccc7c6CC=C=CC=C7)c5)n4)nc3c2n1. The maximum Gasteiger partial charge on any atom is 0.160 e. The zero-order chi connectivity index (χ0) is 37.4. The van der Waals surface area contributed by atoms with Crippen LogP contribution in [-0.4, -0.2) is 19.9 Å². The molecule has 0 atom stereocenters. The Kier molecular flexibility index (Phi) is 8.34. The minimum Gasteiger partial charge on any atom is -0.251 e. The summed E-state index contributed by atoms with van der Waals surface area (Å²) in [6.45, 7) is 2.16. The summed E-state index contributed by atoms with van der Waals surface area (Å²) in [5, 5.41) is 4.54. The van der Waals surface area contributed by atoms with Gasteiger partial charge in [0.25, 0.3) is 0 Å². The van der Waals surface area contributed by atoms with Crippen molar-refractivity contribution in [3.05, 3.63) is 192 Å². The fourth-order valence-electron chi connectivity index (χ4n) is 7.75. The van der Waals surface area contributed by atoms with E-state index < -0.39 is 0 Å². The molecule has 0 amide bonds. The van der Waals surface area contributed by atoms with E-state index in [4.69, 9.17) is 19.9 Å². The second kappa shape index (κ2) is 14.1. The highest BCUT2D eigenvalue weighted by atomic mass is 14.9. The average Bonchev–Trinajstić information content (AvgIpc) is 3.25. The van der Waals surface area contributed by atoms with Crippen LogP contribution in [0.25, 0.3) is 94.9 Å². The average molecular weight is 715 g/mol. The summed E-state index contributed by atoms with van der Waals surface area (Å²) >= 11 is 0. The van der Waals surface area contributed by atoms with Crippen molar-refractivity contribution in [1.82, 2.24) is 19.9 Å². The van der Waals surface area contributed by atoms with Crippen molar-refractivity contribution in [2.24, 2.45) is 0 Å². The molecule has 0 fully saturated rings. The number of rotatable bonds is 6. The fraction of sp³-hybridized carbons (Fsp3) is 0.0577. The summed E-state index contributed by atoms with van der Waals surface area (Å²) in [4.78, 5) is 21.0. The van der Waals surface area contributed by atoms with Crippen LogP contribution >= 0.6 is 0 Å². The van der Waals surface area contributed by atoms with Gasteiger partial charge in [0.1, 0.15) is 0 Å². The Morgan fingerprint density at radius 3 is 2.32 bits per heavy atom. The molecule has 4 nitrogen and oxygen atoms in total. The third-order valence-electron chi connectivity index (χ3n) is 10.6. The van der Waals surface area contributed by atoms with Crippen LogP contribution in [0.4, 0.5) is 0 Å². The number of fused-ring (bicyclic) bond motifs is 5. The summed E-state index contributed by atoms with van der Waals surface area (Å²) < 4.78 is 0. The molecule has 10 rings (SSSR count). The van der Waals surface area contributed by atoms with Crippen LogP contribution in [0.1, 0.15) is 23.7 Å². The van der Waals surface area contributed by atoms with Crippen LogP contribution in [0.2, 0.25) is 0 Å². The largest absolute Gasteiger partial charge is 0.251 e. The predicted molar refractivity (Wildman–Crippen MR) is 230 cm³/mol. The number of nitrogens with zero attached hydrogens (tertiary/aromatic N) is 4. The first-order chi connectivity index (χ1) is 27.7. The van der Waals surface area contributed by atoms with Gasteiger partial charge in [0.15, 0.2) is 5.82 Å². The van der Waals surface area contributed by atoms with E-state index in [1.807, 2.05) is 42.5 Å². The minimum absolute atomic E-state index is 0.623. The molecule has 3 aromatic heterocycles. The lowest BCUT2D eigenvalue weighted by molar-refractivity contribution is 1.06. The van der Waals surface area contributed by atoms with E-state index in [9.17, 15) is 0 Å². The van der Waals surface area contributed by atoms with Gasteiger partial charge in [0.05, 0.1) is 28.1 Å². The number of hydrogen-bond donors (Lipinski definition) is 0. The standard InChI is InChI=1S/C52H34N4/c1-2-40-32-46(44-26-14-20-35-16-10-11-24-42(35)44)45-29-27-37-28-30-47(54-50(37)51(45)53-40)49-33-48(36-17-7-5-8-18-36)55-52(56-49)39-22-12-21-38(31-39)43-25-13-19-34-15-6-3-4-9-23-41(34)43/h3,5-12,14-22,24,26-33H,2,23H2,1H3. The van der Waals surface area contributed by atoms with Crippen molar-refractivity contribution < 1.29 is 0 Å². The molecule has 6 aromatic carbocycles. The van der Waals surface area contributed by atoms with Gasteiger partial charge in [-0.1, -0.05) is 140 Å². The number of benzene rings is 5. The molecule has 0 unspecified atom stereocenters. The van der Waals surface area contributed by atoms with Gasteiger partial charge in [-0.2, -0.15) is 0 Å². The first-order valence-electron chi connectivity index (χ1n) is 19.0. The fourth-order valence-corrected chi connectivity index (χ4v) is 7.75. The molecule has 4 heteroatoms. The second-order valence-corrected chi connectivity index (χ2v) is 14.0. The van der Waals surface area contributed by atoms with Crippen molar-refractivity contribution in [1.29, 1.82) is 0 Å². The lowest BCUT2D eigenvalue weighted by Gasteiger charge is -2.14. The van der Waals surface area contributed by atoms with Gasteiger partial charge in [-0.15, -0.1) is 5.73 Å². The Bertz CT molecular complexity index is 3070. The maximum absolute atomic E-state index is 5.37. The lowest BCUT2D eigenvalue weighted by atomic mass is 9.93. The second-order valence-electron chi connectivity index (χ2n) is 14.0. The van der Waals surface area contributed by atoms with Gasteiger partial charge in [-0.25, -0.2) is 15.0 Å². The third kappa shape index (κ3) is 6.03. The Hall–Kier alpha value is -7.44. The van der Waals surface area contributed by atoms with E-state index in [0.717, 1.165) is 90.8 Å². The van der Waals surface area contributed by atoms with Crippen LogP contribution in [-0.2, 0) is 12.8 Å². The van der Waals surface area contributed by atoms with Crippen LogP contribution < -0.4 is 0 Å². The molecule has 1 aliphatic rings. The molecule has 0 N–H and O–H groups in total. The highest BCUT2D eigenvalue weighted by molar-refractivity contribution is 6.11. The number of pyridine rings is 2. The molecule has 0 saturated carbocycles. The van der Waals surface area contributed by atoms with Crippen molar-refractivity contribution >= 4 is 38.7 Å². The molecular formula is C52H34N4. The molecule has 0 radical (unpaired) electrons. The molecule has 0 aliphatic heterocycles. The molecule has 0 bridgehead atoms. The summed E-state index contributed by atoms with van der Waals surface area (Å²) in [5.41, 5.74) is 17.0. The van der Waals surface area contributed by atoms with Gasteiger partial charge < -0.3 is 0 Å². The highest BCUT2D eigenvalue weighted by Gasteiger charge is 2.17. The first kappa shape index (κ1) is 33.2. The van der Waals surface area contributed by atoms with Crippen molar-refractivity contribution in [2.45, 2.75) is 19.8 Å². The molecule has 0 spiro atoms. The van der Waals surface area contributed by atoms with E-state index >= 15 is 0 Å². The van der Waals surface area contributed by atoms with Gasteiger partial charge in [-0.05, 0) is 93.9 Å². The normalized spacial score (nSPS) is 12.1. The smallest absolute Gasteiger partial charge is 0.160 e. The van der Waals surface area contributed by atoms with Crippen LogP contribution in [0.5, 0.6) is 0 Å². The number of aryl methyl sites for hydroxylation is 1. The summed E-state index contributed by atoms with van der Waals surface area (Å²) in [6, 6.07) is 55.2. The van der Waals surface area contributed by atoms with Crippen molar-refractivity contribution in [2.75, 3.05) is 0 Å². The number of hydrogen-bond acceptors (Lipinski definition) is 4. The van der Waals surface area contributed by atoms with E-state index in [1.54, 1.807) is 0 Å². The van der Waals surface area contributed by atoms with Gasteiger partial charge >= 0.3 is 0 Å². The molecule has 0 saturated heterocycles. The van der Waals surface area contributed by atoms with Gasteiger partial charge in [0.2, 0.25) is 0 Å². The third-order valence-corrected chi connectivity index (χ3v) is 10.6. The molecule has 56 heavy (non-hydrogen) atoms. The van der Waals surface area contributed by atoms with Crippen LogP contribution in [0, 0.1) is 12.1 Å². The minimum atomic E-state index is 0.623. The zero-order valence-corrected chi connectivity index (χ0v) is 30.8.